The summed E-state index contributed by atoms with van der Waals surface area (Å²) in [6.07, 6.45) is 4.79. The van der Waals surface area contributed by atoms with Gasteiger partial charge in [0.15, 0.2) is 5.96 Å². The van der Waals surface area contributed by atoms with Crippen LogP contribution in [0, 0.1) is 5.92 Å². The molecule has 2 N–H and O–H groups in total. The fourth-order valence-corrected chi connectivity index (χ4v) is 1.90. The third kappa shape index (κ3) is 6.10. The molecule has 1 unspecified atom stereocenters. The highest BCUT2D eigenvalue weighted by Crippen LogP contribution is 2.12. The van der Waals surface area contributed by atoms with Gasteiger partial charge in [-0.25, -0.2) is 4.98 Å². The summed E-state index contributed by atoms with van der Waals surface area (Å²) >= 11 is 0. The normalized spacial score (nSPS) is 13.8. The molecule has 21 heavy (non-hydrogen) atoms. The Morgan fingerprint density at radius 1 is 1.33 bits per heavy atom. The Morgan fingerprint density at radius 2 is 2.05 bits per heavy atom. The average molecular weight is 301 g/mol. The van der Waals surface area contributed by atoms with E-state index < -0.39 is 6.55 Å². The lowest BCUT2D eigenvalue weighted by Gasteiger charge is -2.18. The third-order valence-corrected chi connectivity index (χ3v) is 3.16. The zero-order valence-corrected chi connectivity index (χ0v) is 13.1. The van der Waals surface area contributed by atoms with Gasteiger partial charge in [0.1, 0.15) is 5.82 Å². The molecule has 1 rings (SSSR count). The predicted octanol–water partition coefficient (Wildman–Crippen LogP) is 2.77. The van der Waals surface area contributed by atoms with Crippen LogP contribution in [0.3, 0.4) is 0 Å². The van der Waals surface area contributed by atoms with Crippen LogP contribution in [0.5, 0.6) is 0 Å². The van der Waals surface area contributed by atoms with Crippen molar-refractivity contribution in [2.24, 2.45) is 10.9 Å². The first-order valence-electron chi connectivity index (χ1n) is 7.21. The number of guanidine groups is 1. The van der Waals surface area contributed by atoms with E-state index in [9.17, 15) is 8.78 Å². The molecule has 1 heterocycles. The molecule has 0 radical (unpaired) electrons. The monoisotopic (exact) mass is 301 g/mol. The van der Waals surface area contributed by atoms with Gasteiger partial charge in [-0.1, -0.05) is 13.8 Å². The van der Waals surface area contributed by atoms with Gasteiger partial charge >= 0.3 is 6.55 Å². The van der Waals surface area contributed by atoms with Gasteiger partial charge in [-0.05, 0) is 25.7 Å². The molecule has 0 aliphatic carbocycles. The van der Waals surface area contributed by atoms with Crippen LogP contribution in [0.4, 0.5) is 8.78 Å². The summed E-state index contributed by atoms with van der Waals surface area (Å²) in [5.41, 5.74) is 0. The first-order chi connectivity index (χ1) is 9.93. The van der Waals surface area contributed by atoms with Crippen molar-refractivity contribution in [2.45, 2.75) is 52.7 Å². The number of hydrogen-bond acceptors (Lipinski definition) is 2. The van der Waals surface area contributed by atoms with Gasteiger partial charge in [-0.3, -0.25) is 9.56 Å². The van der Waals surface area contributed by atoms with E-state index in [-0.39, 0.29) is 18.4 Å². The Balaban J connectivity index is 2.46. The standard InChI is InChI=1S/C14H25F2N5/c1-10(2)5-6-11(3)20-14(17-4)19-9-12-18-7-8-21(12)13(15)16/h7-8,10-11,13H,5-6,9H2,1-4H3,(H2,17,19,20). The Bertz CT molecular complexity index is 442. The molecule has 1 aromatic rings. The minimum absolute atomic E-state index is 0.202. The maximum atomic E-state index is 12.7. The summed E-state index contributed by atoms with van der Waals surface area (Å²) in [6.45, 7) is 4.07. The Kier molecular flexibility index (Phi) is 7.11. The topological polar surface area (TPSA) is 54.2 Å². The minimum atomic E-state index is -2.58. The molecule has 1 atom stereocenters. The van der Waals surface area contributed by atoms with Crippen LogP contribution in [0.2, 0.25) is 0 Å². The van der Waals surface area contributed by atoms with E-state index in [1.807, 2.05) is 0 Å². The number of nitrogens with one attached hydrogen (secondary N) is 2. The van der Waals surface area contributed by atoms with Gasteiger partial charge in [0.25, 0.3) is 0 Å². The van der Waals surface area contributed by atoms with Crippen LogP contribution in [-0.4, -0.2) is 28.6 Å². The molecule has 7 heteroatoms. The molecule has 0 aliphatic heterocycles. The van der Waals surface area contributed by atoms with Crippen LogP contribution in [-0.2, 0) is 6.54 Å². The van der Waals surface area contributed by atoms with Crippen LogP contribution in [0.1, 0.15) is 46.0 Å². The van der Waals surface area contributed by atoms with Gasteiger partial charge in [0.05, 0.1) is 6.54 Å². The summed E-state index contributed by atoms with van der Waals surface area (Å²) in [5.74, 6) is 1.53. The molecule has 0 bridgehead atoms. The van der Waals surface area contributed by atoms with E-state index in [2.05, 4.69) is 41.4 Å². The van der Waals surface area contributed by atoms with Gasteiger partial charge in [-0.2, -0.15) is 8.78 Å². The van der Waals surface area contributed by atoms with E-state index in [0.29, 0.717) is 11.9 Å². The van der Waals surface area contributed by atoms with Crippen molar-refractivity contribution in [1.82, 2.24) is 20.2 Å². The maximum absolute atomic E-state index is 12.7. The number of aromatic nitrogens is 2. The summed E-state index contributed by atoms with van der Waals surface area (Å²) in [7, 11) is 1.66. The highest BCUT2D eigenvalue weighted by Gasteiger charge is 2.12. The van der Waals surface area contributed by atoms with Gasteiger partial charge in [-0.15, -0.1) is 0 Å². The number of alkyl halides is 2. The average Bonchev–Trinajstić information content (AvgIpc) is 2.89. The van der Waals surface area contributed by atoms with Crippen molar-refractivity contribution < 1.29 is 8.78 Å². The molecule has 0 amide bonds. The smallest absolute Gasteiger partial charge is 0.319 e. The van der Waals surface area contributed by atoms with Crippen molar-refractivity contribution in [3.63, 3.8) is 0 Å². The zero-order valence-electron chi connectivity index (χ0n) is 13.1. The first kappa shape index (κ1) is 17.4. The van der Waals surface area contributed by atoms with Crippen LogP contribution in [0.15, 0.2) is 17.4 Å². The molecular formula is C14H25F2N5. The minimum Gasteiger partial charge on any atom is -0.354 e. The van der Waals surface area contributed by atoms with Crippen LogP contribution < -0.4 is 10.6 Å². The molecule has 0 aliphatic rings. The highest BCUT2D eigenvalue weighted by atomic mass is 19.3. The third-order valence-electron chi connectivity index (χ3n) is 3.16. The van der Waals surface area contributed by atoms with Crippen molar-refractivity contribution in [2.75, 3.05) is 7.05 Å². The highest BCUT2D eigenvalue weighted by molar-refractivity contribution is 5.79. The van der Waals surface area contributed by atoms with Crippen LogP contribution >= 0.6 is 0 Å². The molecule has 0 saturated carbocycles. The lowest BCUT2D eigenvalue weighted by Crippen LogP contribution is -2.42. The van der Waals surface area contributed by atoms with Crippen molar-refractivity contribution in [1.29, 1.82) is 0 Å². The molecule has 120 valence electrons. The van der Waals surface area contributed by atoms with Crippen LogP contribution in [0.25, 0.3) is 0 Å². The Morgan fingerprint density at radius 3 is 2.62 bits per heavy atom. The van der Waals surface area contributed by atoms with E-state index >= 15 is 0 Å². The molecule has 0 saturated heterocycles. The lowest BCUT2D eigenvalue weighted by atomic mass is 10.0. The SMILES string of the molecule is CN=C(NCc1nccn1C(F)F)NC(C)CCC(C)C. The quantitative estimate of drug-likeness (QED) is 0.601. The fourth-order valence-electron chi connectivity index (χ4n) is 1.90. The lowest BCUT2D eigenvalue weighted by molar-refractivity contribution is 0.0668. The van der Waals surface area contributed by atoms with E-state index in [4.69, 9.17) is 0 Å². The van der Waals surface area contributed by atoms with E-state index in [0.717, 1.165) is 17.4 Å². The zero-order chi connectivity index (χ0) is 15.8. The number of hydrogen-bond donors (Lipinski definition) is 2. The fraction of sp³-hybridized carbons (Fsp3) is 0.714. The van der Waals surface area contributed by atoms with E-state index in [1.54, 1.807) is 7.05 Å². The number of aliphatic imine (C=N–C) groups is 1. The summed E-state index contributed by atoms with van der Waals surface area (Å²) in [5, 5.41) is 6.26. The number of imidazole rings is 1. The van der Waals surface area contributed by atoms with Crippen molar-refractivity contribution in [3.05, 3.63) is 18.2 Å². The molecular weight excluding hydrogens is 276 g/mol. The summed E-state index contributed by atoms with van der Waals surface area (Å²) < 4.78 is 26.2. The van der Waals surface area contributed by atoms with Crippen molar-refractivity contribution >= 4 is 5.96 Å². The second-order valence-corrected chi connectivity index (χ2v) is 5.47. The predicted molar refractivity (Wildman–Crippen MR) is 80.3 cm³/mol. The molecule has 0 fully saturated rings. The molecule has 1 aromatic heterocycles. The van der Waals surface area contributed by atoms with Gasteiger partial charge in [0, 0.05) is 25.5 Å². The Hall–Kier alpha value is -1.66. The Labute approximate surface area is 124 Å². The molecule has 0 aromatic carbocycles. The van der Waals surface area contributed by atoms with Crippen molar-refractivity contribution in [3.8, 4) is 0 Å². The van der Waals surface area contributed by atoms with Gasteiger partial charge < -0.3 is 10.6 Å². The number of halogens is 2. The second kappa shape index (κ2) is 8.59. The second-order valence-electron chi connectivity index (χ2n) is 5.47. The number of nitrogens with zero attached hydrogens (tertiary/aromatic N) is 3. The largest absolute Gasteiger partial charge is 0.354 e. The summed E-state index contributed by atoms with van der Waals surface area (Å²) in [4.78, 5) is 8.02. The molecule has 0 spiro atoms. The van der Waals surface area contributed by atoms with E-state index in [1.165, 1.54) is 12.4 Å². The first-order valence-corrected chi connectivity index (χ1v) is 7.21. The maximum Gasteiger partial charge on any atom is 0.319 e. The number of rotatable bonds is 7. The van der Waals surface area contributed by atoms with Gasteiger partial charge in [0.2, 0.25) is 0 Å². The molecule has 5 nitrogen and oxygen atoms in total. The summed E-state index contributed by atoms with van der Waals surface area (Å²) in [6, 6.07) is 0.272.